The molecule has 1 rings (SSSR count). The van der Waals surface area contributed by atoms with Crippen molar-refractivity contribution in [2.75, 3.05) is 5.73 Å². The van der Waals surface area contributed by atoms with Crippen molar-refractivity contribution in [3.63, 3.8) is 0 Å². The smallest absolute Gasteiger partial charge is 0.346 e. The number of hydrogen-bond donors (Lipinski definition) is 2. The van der Waals surface area contributed by atoms with Crippen LogP contribution in [0.1, 0.15) is 15.2 Å². The van der Waals surface area contributed by atoms with E-state index in [-0.39, 0.29) is 0 Å². The van der Waals surface area contributed by atoms with E-state index in [9.17, 15) is 4.79 Å². The van der Waals surface area contributed by atoms with Crippen molar-refractivity contribution >= 4 is 23.0 Å². The molecular weight excluding hydrogens is 150 g/mol. The van der Waals surface area contributed by atoms with Gasteiger partial charge < -0.3 is 10.8 Å². The lowest BCUT2D eigenvalue weighted by Gasteiger charge is -1.90. The van der Waals surface area contributed by atoms with Gasteiger partial charge in [0.25, 0.3) is 0 Å². The van der Waals surface area contributed by atoms with Crippen LogP contribution in [0.5, 0.6) is 0 Å². The maximum atomic E-state index is 10.4. The van der Waals surface area contributed by atoms with Crippen LogP contribution in [0.2, 0.25) is 0 Å². The van der Waals surface area contributed by atoms with Crippen molar-refractivity contribution in [1.82, 2.24) is 0 Å². The highest BCUT2D eigenvalue weighted by Gasteiger charge is 2.10. The number of nitrogens with two attached hydrogens (primary N) is 1. The highest BCUT2D eigenvalue weighted by Crippen LogP contribution is 2.22. The van der Waals surface area contributed by atoms with E-state index < -0.39 is 5.97 Å². The lowest BCUT2D eigenvalue weighted by atomic mass is 10.2. The molecule has 0 fully saturated rings. The van der Waals surface area contributed by atoms with Crippen molar-refractivity contribution in [3.05, 3.63) is 15.8 Å². The quantitative estimate of drug-likeness (QED) is 0.646. The predicted molar refractivity (Wildman–Crippen MR) is 40.4 cm³/mol. The van der Waals surface area contributed by atoms with Gasteiger partial charge in [-0.15, -0.1) is 11.3 Å². The second-order valence-corrected chi connectivity index (χ2v) is 2.83. The largest absolute Gasteiger partial charge is 0.477 e. The van der Waals surface area contributed by atoms with Crippen LogP contribution in [0.25, 0.3) is 0 Å². The van der Waals surface area contributed by atoms with Crippen molar-refractivity contribution in [3.8, 4) is 0 Å². The minimum atomic E-state index is -0.904. The van der Waals surface area contributed by atoms with Crippen LogP contribution in [0.3, 0.4) is 0 Å². The average Bonchev–Trinajstić information content (AvgIpc) is 2.14. The van der Waals surface area contributed by atoms with Crippen molar-refractivity contribution in [1.29, 1.82) is 0 Å². The van der Waals surface area contributed by atoms with Gasteiger partial charge in [0.05, 0.1) is 0 Å². The first kappa shape index (κ1) is 7.08. The van der Waals surface area contributed by atoms with Gasteiger partial charge in [-0.1, -0.05) is 0 Å². The summed E-state index contributed by atoms with van der Waals surface area (Å²) < 4.78 is 0. The minimum Gasteiger partial charge on any atom is -0.477 e. The first-order chi connectivity index (χ1) is 4.63. The normalized spacial score (nSPS) is 9.70. The Balaban J connectivity index is 3.17. The predicted octanol–water partition coefficient (Wildman–Crippen LogP) is 1.34. The molecule has 1 aromatic heterocycles. The highest BCUT2D eigenvalue weighted by molar-refractivity contribution is 7.12. The summed E-state index contributed by atoms with van der Waals surface area (Å²) in [6, 6.07) is 0. The summed E-state index contributed by atoms with van der Waals surface area (Å²) in [6.07, 6.45) is 0. The molecule has 0 aromatic carbocycles. The number of carbonyl (C=O) groups is 1. The molecule has 0 saturated carbocycles. The number of anilines is 1. The summed E-state index contributed by atoms with van der Waals surface area (Å²) in [6.45, 7) is 1.70. The Hall–Kier alpha value is -1.03. The highest BCUT2D eigenvalue weighted by atomic mass is 32.1. The maximum Gasteiger partial charge on any atom is 0.346 e. The van der Waals surface area contributed by atoms with Crippen LogP contribution in [-0.2, 0) is 0 Å². The molecule has 4 heteroatoms. The van der Waals surface area contributed by atoms with Gasteiger partial charge in [0.2, 0.25) is 0 Å². The molecule has 0 radical (unpaired) electrons. The molecule has 1 heterocycles. The van der Waals surface area contributed by atoms with Gasteiger partial charge in [-0.3, -0.25) is 0 Å². The third kappa shape index (κ3) is 0.974. The lowest BCUT2D eigenvalue weighted by molar-refractivity contribution is 0.0701. The second kappa shape index (κ2) is 2.30. The van der Waals surface area contributed by atoms with E-state index in [0.29, 0.717) is 16.1 Å². The van der Waals surface area contributed by atoms with E-state index in [1.54, 1.807) is 12.3 Å². The van der Waals surface area contributed by atoms with Crippen LogP contribution in [-0.4, -0.2) is 11.1 Å². The molecule has 0 spiro atoms. The van der Waals surface area contributed by atoms with Crippen molar-refractivity contribution < 1.29 is 9.90 Å². The molecular formula is C6H7NO2S. The summed E-state index contributed by atoms with van der Waals surface area (Å²) in [5.41, 5.74) is 6.65. The number of aromatic carboxylic acids is 1. The summed E-state index contributed by atoms with van der Waals surface area (Å²) in [5.74, 6) is -0.904. The zero-order valence-corrected chi connectivity index (χ0v) is 6.23. The Labute approximate surface area is 62.1 Å². The molecule has 1 aromatic rings. The van der Waals surface area contributed by atoms with Gasteiger partial charge >= 0.3 is 5.97 Å². The van der Waals surface area contributed by atoms with E-state index in [1.807, 2.05) is 0 Å². The van der Waals surface area contributed by atoms with Crippen LogP contribution in [0, 0.1) is 6.92 Å². The topological polar surface area (TPSA) is 63.3 Å². The molecule has 0 aliphatic rings. The molecule has 3 nitrogen and oxygen atoms in total. The molecule has 0 aliphatic carbocycles. The Kier molecular flexibility index (Phi) is 1.63. The molecule has 0 unspecified atom stereocenters. The van der Waals surface area contributed by atoms with Gasteiger partial charge in [0.15, 0.2) is 0 Å². The third-order valence-electron chi connectivity index (χ3n) is 1.27. The van der Waals surface area contributed by atoms with Crippen LogP contribution in [0.15, 0.2) is 5.38 Å². The number of thiophene rings is 1. The zero-order chi connectivity index (χ0) is 7.72. The lowest BCUT2D eigenvalue weighted by Crippen LogP contribution is -1.95. The molecule has 0 aliphatic heterocycles. The number of rotatable bonds is 1. The van der Waals surface area contributed by atoms with Gasteiger partial charge in [0, 0.05) is 11.1 Å². The van der Waals surface area contributed by atoms with Crippen LogP contribution < -0.4 is 5.73 Å². The fraction of sp³-hybridized carbons (Fsp3) is 0.167. The number of hydrogen-bond acceptors (Lipinski definition) is 3. The Morgan fingerprint density at radius 2 is 2.40 bits per heavy atom. The second-order valence-electron chi connectivity index (χ2n) is 1.95. The van der Waals surface area contributed by atoms with Gasteiger partial charge in [0.1, 0.15) is 4.88 Å². The van der Waals surface area contributed by atoms with Crippen molar-refractivity contribution in [2.24, 2.45) is 0 Å². The standard InChI is InChI=1S/C6H7NO2S/c1-3-4(7)2-10-5(3)6(8)9/h2H,7H2,1H3,(H,8,9). The van der Waals surface area contributed by atoms with E-state index in [2.05, 4.69) is 0 Å². The molecule has 0 amide bonds. The minimum absolute atomic E-state index is 0.331. The van der Waals surface area contributed by atoms with Crippen molar-refractivity contribution in [2.45, 2.75) is 6.92 Å². The maximum absolute atomic E-state index is 10.4. The van der Waals surface area contributed by atoms with Gasteiger partial charge in [-0.05, 0) is 12.5 Å². The third-order valence-corrected chi connectivity index (χ3v) is 2.36. The SMILES string of the molecule is Cc1c(N)csc1C(=O)O. The fourth-order valence-corrected chi connectivity index (χ4v) is 1.46. The van der Waals surface area contributed by atoms with Crippen LogP contribution >= 0.6 is 11.3 Å². The molecule has 54 valence electrons. The fourth-order valence-electron chi connectivity index (χ4n) is 0.641. The summed E-state index contributed by atoms with van der Waals surface area (Å²) >= 11 is 1.16. The van der Waals surface area contributed by atoms with Gasteiger partial charge in [-0.25, -0.2) is 4.79 Å². The Morgan fingerprint density at radius 1 is 1.80 bits per heavy atom. The van der Waals surface area contributed by atoms with E-state index in [0.717, 1.165) is 11.3 Å². The average molecular weight is 157 g/mol. The van der Waals surface area contributed by atoms with E-state index in [1.165, 1.54) is 0 Å². The summed E-state index contributed by atoms with van der Waals surface area (Å²) in [5, 5.41) is 10.2. The summed E-state index contributed by atoms with van der Waals surface area (Å²) in [7, 11) is 0. The molecule has 0 bridgehead atoms. The first-order valence-electron chi connectivity index (χ1n) is 2.69. The van der Waals surface area contributed by atoms with E-state index >= 15 is 0 Å². The van der Waals surface area contributed by atoms with Crippen LogP contribution in [0.4, 0.5) is 5.69 Å². The van der Waals surface area contributed by atoms with E-state index in [4.69, 9.17) is 10.8 Å². The zero-order valence-electron chi connectivity index (χ0n) is 5.42. The molecule has 0 atom stereocenters. The number of nitrogen functional groups attached to an aromatic ring is 1. The van der Waals surface area contributed by atoms with Gasteiger partial charge in [-0.2, -0.15) is 0 Å². The number of carboxylic acid groups (broad SMARTS) is 1. The summed E-state index contributed by atoms with van der Waals surface area (Å²) in [4.78, 5) is 10.7. The molecule has 0 saturated heterocycles. The molecule has 10 heavy (non-hydrogen) atoms. The first-order valence-corrected chi connectivity index (χ1v) is 3.57. The monoisotopic (exact) mass is 157 g/mol. The molecule has 3 N–H and O–H groups in total. The Bertz CT molecular complexity index is 267. The number of carboxylic acids is 1. The Morgan fingerprint density at radius 3 is 2.60 bits per heavy atom.